The first kappa shape index (κ1) is 18.1. The molecule has 0 saturated carbocycles. The van der Waals surface area contributed by atoms with Gasteiger partial charge >= 0.3 is 0 Å². The minimum Gasteiger partial charge on any atom is -0.493 e. The molecule has 128 valence electrons. The normalized spacial score (nSPS) is 10.3. The molecule has 0 unspecified atom stereocenters. The topological polar surface area (TPSA) is 38.8 Å². The van der Waals surface area contributed by atoms with Gasteiger partial charge in [-0.2, -0.15) is 0 Å². The summed E-state index contributed by atoms with van der Waals surface area (Å²) >= 11 is 6.15. The van der Waals surface area contributed by atoms with Crippen molar-refractivity contribution in [2.75, 3.05) is 20.8 Å². The zero-order valence-electron chi connectivity index (χ0n) is 14.2. The quantitative estimate of drug-likeness (QED) is 0.761. The molecule has 0 aromatic heterocycles. The van der Waals surface area contributed by atoms with Crippen LogP contribution in [0, 0.1) is 0 Å². The summed E-state index contributed by atoms with van der Waals surface area (Å²) in [4.78, 5) is 14.4. The van der Waals surface area contributed by atoms with Crippen LogP contribution in [0.4, 0.5) is 0 Å². The molecule has 0 heterocycles. The summed E-state index contributed by atoms with van der Waals surface area (Å²) in [6.07, 6.45) is 0.292. The van der Waals surface area contributed by atoms with Crippen LogP contribution in [-0.4, -0.2) is 31.6 Å². The molecule has 4 nitrogen and oxygen atoms in total. The van der Waals surface area contributed by atoms with Crippen molar-refractivity contribution >= 4 is 17.5 Å². The molecule has 0 aliphatic rings. The molecular formula is C19H22ClNO3. The highest BCUT2D eigenvalue weighted by Crippen LogP contribution is 2.28. The number of nitrogens with zero attached hydrogens (tertiary/aromatic N) is 1. The largest absolute Gasteiger partial charge is 0.493 e. The number of hydrogen-bond donors (Lipinski definition) is 0. The highest BCUT2D eigenvalue weighted by Gasteiger charge is 2.15. The number of hydrogen-bond acceptors (Lipinski definition) is 3. The van der Waals surface area contributed by atoms with Gasteiger partial charge < -0.3 is 14.4 Å². The van der Waals surface area contributed by atoms with Crippen molar-refractivity contribution in [3.63, 3.8) is 0 Å². The molecule has 0 aliphatic heterocycles. The summed E-state index contributed by atoms with van der Waals surface area (Å²) in [6.45, 7) is 3.10. The first-order chi connectivity index (χ1) is 11.6. The van der Waals surface area contributed by atoms with E-state index in [4.69, 9.17) is 21.1 Å². The van der Waals surface area contributed by atoms with E-state index in [1.54, 1.807) is 25.2 Å². The molecule has 2 aromatic rings. The first-order valence-corrected chi connectivity index (χ1v) is 8.19. The van der Waals surface area contributed by atoms with Crippen LogP contribution in [-0.2, 0) is 17.8 Å². The van der Waals surface area contributed by atoms with E-state index in [1.165, 1.54) is 0 Å². The number of halogens is 1. The van der Waals surface area contributed by atoms with E-state index in [-0.39, 0.29) is 5.91 Å². The summed E-state index contributed by atoms with van der Waals surface area (Å²) in [5, 5.41) is 0.619. The Labute approximate surface area is 147 Å². The van der Waals surface area contributed by atoms with Crippen LogP contribution >= 0.6 is 11.6 Å². The molecule has 24 heavy (non-hydrogen) atoms. The van der Waals surface area contributed by atoms with Gasteiger partial charge in [0.25, 0.3) is 0 Å². The number of carbonyl (C=O) groups is 1. The standard InChI is InChI=1S/C19H22ClNO3/c1-4-21(19(22)12-15-7-5-6-8-16(15)20)13-14-9-10-17(23-2)18(11-14)24-3/h5-11H,4,12-13H2,1-3H3. The fraction of sp³-hybridized carbons (Fsp3) is 0.316. The van der Waals surface area contributed by atoms with Gasteiger partial charge in [-0.05, 0) is 36.2 Å². The highest BCUT2D eigenvalue weighted by atomic mass is 35.5. The molecule has 1 amide bonds. The first-order valence-electron chi connectivity index (χ1n) is 7.81. The minimum atomic E-state index is 0.0420. The second-order valence-corrected chi connectivity index (χ2v) is 5.77. The van der Waals surface area contributed by atoms with Crippen molar-refractivity contribution in [1.29, 1.82) is 0 Å². The van der Waals surface area contributed by atoms with Crippen LogP contribution in [0.1, 0.15) is 18.1 Å². The molecule has 0 spiro atoms. The van der Waals surface area contributed by atoms with Crippen molar-refractivity contribution in [3.05, 3.63) is 58.6 Å². The average Bonchev–Trinajstić information content (AvgIpc) is 2.61. The lowest BCUT2D eigenvalue weighted by molar-refractivity contribution is -0.130. The fourth-order valence-corrected chi connectivity index (χ4v) is 2.69. The Bertz CT molecular complexity index is 703. The Hall–Kier alpha value is -2.20. The van der Waals surface area contributed by atoms with E-state index < -0.39 is 0 Å². The van der Waals surface area contributed by atoms with Crippen LogP contribution in [0.5, 0.6) is 11.5 Å². The molecule has 0 atom stereocenters. The molecule has 2 aromatic carbocycles. The van der Waals surface area contributed by atoms with Gasteiger partial charge in [-0.3, -0.25) is 4.79 Å². The van der Waals surface area contributed by atoms with Crippen molar-refractivity contribution in [1.82, 2.24) is 4.90 Å². The zero-order chi connectivity index (χ0) is 17.5. The van der Waals surface area contributed by atoms with Crippen LogP contribution in [0.2, 0.25) is 5.02 Å². The maximum absolute atomic E-state index is 12.6. The molecule has 0 aliphatic carbocycles. The lowest BCUT2D eigenvalue weighted by Gasteiger charge is -2.22. The van der Waals surface area contributed by atoms with Gasteiger partial charge in [-0.1, -0.05) is 35.9 Å². The van der Waals surface area contributed by atoms with Gasteiger partial charge in [0.2, 0.25) is 5.91 Å². The number of likely N-dealkylation sites (N-methyl/N-ethyl adjacent to an activating group) is 1. The van der Waals surface area contributed by atoms with Gasteiger partial charge in [-0.15, -0.1) is 0 Å². The molecule has 0 radical (unpaired) electrons. The Morgan fingerprint density at radius 3 is 2.42 bits per heavy atom. The van der Waals surface area contributed by atoms with Crippen molar-refractivity contribution < 1.29 is 14.3 Å². The number of carbonyl (C=O) groups excluding carboxylic acids is 1. The number of benzene rings is 2. The van der Waals surface area contributed by atoms with Crippen LogP contribution < -0.4 is 9.47 Å². The van der Waals surface area contributed by atoms with Gasteiger partial charge in [0.1, 0.15) is 0 Å². The molecule has 2 rings (SSSR count). The van der Waals surface area contributed by atoms with E-state index in [1.807, 2.05) is 43.3 Å². The van der Waals surface area contributed by atoms with E-state index in [0.29, 0.717) is 36.0 Å². The summed E-state index contributed by atoms with van der Waals surface area (Å²) in [5.41, 5.74) is 1.83. The van der Waals surface area contributed by atoms with Crippen LogP contribution in [0.3, 0.4) is 0 Å². The predicted octanol–water partition coefficient (Wildman–Crippen LogP) is 3.95. The summed E-state index contributed by atoms with van der Waals surface area (Å²) < 4.78 is 10.6. The highest BCUT2D eigenvalue weighted by molar-refractivity contribution is 6.31. The molecule has 5 heteroatoms. The second kappa shape index (κ2) is 8.60. The third kappa shape index (κ3) is 4.42. The maximum Gasteiger partial charge on any atom is 0.227 e. The fourth-order valence-electron chi connectivity index (χ4n) is 2.49. The summed E-state index contributed by atoms with van der Waals surface area (Å²) in [5.74, 6) is 1.37. The van der Waals surface area contributed by atoms with Gasteiger partial charge in [0, 0.05) is 18.1 Å². The van der Waals surface area contributed by atoms with E-state index in [2.05, 4.69) is 0 Å². The van der Waals surface area contributed by atoms with E-state index in [9.17, 15) is 4.79 Å². The van der Waals surface area contributed by atoms with Crippen LogP contribution in [0.15, 0.2) is 42.5 Å². The number of amides is 1. The second-order valence-electron chi connectivity index (χ2n) is 5.37. The Morgan fingerprint density at radius 1 is 1.08 bits per heavy atom. The average molecular weight is 348 g/mol. The van der Waals surface area contributed by atoms with E-state index in [0.717, 1.165) is 11.1 Å². The van der Waals surface area contributed by atoms with E-state index >= 15 is 0 Å². The van der Waals surface area contributed by atoms with Crippen molar-refractivity contribution in [2.24, 2.45) is 0 Å². The van der Waals surface area contributed by atoms with Crippen molar-refractivity contribution in [2.45, 2.75) is 19.9 Å². The molecular weight excluding hydrogens is 326 g/mol. The zero-order valence-corrected chi connectivity index (χ0v) is 15.0. The molecule has 0 bridgehead atoms. The lowest BCUT2D eigenvalue weighted by atomic mass is 10.1. The third-order valence-corrected chi connectivity index (χ3v) is 4.22. The van der Waals surface area contributed by atoms with Gasteiger partial charge in [-0.25, -0.2) is 0 Å². The summed E-state index contributed by atoms with van der Waals surface area (Å²) in [7, 11) is 3.20. The molecule has 0 N–H and O–H groups in total. The summed E-state index contributed by atoms with van der Waals surface area (Å²) in [6, 6.07) is 13.1. The maximum atomic E-state index is 12.6. The monoisotopic (exact) mass is 347 g/mol. The smallest absolute Gasteiger partial charge is 0.227 e. The Kier molecular flexibility index (Phi) is 6.50. The molecule has 0 saturated heterocycles. The van der Waals surface area contributed by atoms with Gasteiger partial charge in [0.15, 0.2) is 11.5 Å². The minimum absolute atomic E-state index is 0.0420. The number of rotatable bonds is 7. The molecule has 0 fully saturated rings. The lowest BCUT2D eigenvalue weighted by Crippen LogP contribution is -2.31. The Balaban J connectivity index is 2.11. The van der Waals surface area contributed by atoms with Crippen molar-refractivity contribution in [3.8, 4) is 11.5 Å². The van der Waals surface area contributed by atoms with Crippen LogP contribution in [0.25, 0.3) is 0 Å². The number of ether oxygens (including phenoxy) is 2. The SMILES string of the molecule is CCN(Cc1ccc(OC)c(OC)c1)C(=O)Cc1ccccc1Cl. The van der Waals surface area contributed by atoms with Gasteiger partial charge in [0.05, 0.1) is 20.6 Å². The predicted molar refractivity (Wildman–Crippen MR) is 95.8 cm³/mol. The Morgan fingerprint density at radius 2 is 1.79 bits per heavy atom. The number of methoxy groups -OCH3 is 2. The third-order valence-electron chi connectivity index (χ3n) is 3.86.